The molecule has 28 heavy (non-hydrogen) atoms. The van der Waals surface area contributed by atoms with Gasteiger partial charge in [0.2, 0.25) is 0 Å². The number of allylic oxidation sites excluding steroid dienone is 3. The molecule has 4 fully saturated rings. The Kier molecular flexibility index (Phi) is 6.20. The first-order chi connectivity index (χ1) is 13.6. The first-order valence-electron chi connectivity index (χ1n) is 11.9. The molecule has 0 amide bonds. The SMILES string of the molecule is C=C/C=C(N[C@H]1C[C@H]2CCC[C@@H](C1)N2[C@H]1C[C@@H]2C[C@@H](C)C[C@@H](C2)C1)\C(N)=C/C. The molecule has 4 rings (SSSR count). The molecular weight excluding hydrogens is 342 g/mol. The summed E-state index contributed by atoms with van der Waals surface area (Å²) in [5.74, 6) is 2.97. The van der Waals surface area contributed by atoms with Crippen molar-refractivity contribution in [2.24, 2.45) is 23.5 Å². The van der Waals surface area contributed by atoms with Crippen molar-refractivity contribution in [1.82, 2.24) is 10.2 Å². The first kappa shape index (κ1) is 20.1. The fraction of sp³-hybridized carbons (Fsp3) is 0.760. The molecule has 3 N–H and O–H groups in total. The van der Waals surface area contributed by atoms with E-state index in [2.05, 4.69) is 23.7 Å². The zero-order chi connectivity index (χ0) is 19.7. The van der Waals surface area contributed by atoms with E-state index in [0.717, 1.165) is 47.3 Å². The van der Waals surface area contributed by atoms with Crippen molar-refractivity contribution in [2.75, 3.05) is 0 Å². The van der Waals surface area contributed by atoms with E-state index in [1.165, 1.54) is 64.2 Å². The number of hydrogen-bond acceptors (Lipinski definition) is 3. The molecule has 0 aromatic rings. The average molecular weight is 384 g/mol. The summed E-state index contributed by atoms with van der Waals surface area (Å²) in [6.45, 7) is 8.35. The van der Waals surface area contributed by atoms with E-state index in [-0.39, 0.29) is 0 Å². The van der Waals surface area contributed by atoms with Crippen LogP contribution in [0.25, 0.3) is 0 Å². The van der Waals surface area contributed by atoms with Gasteiger partial charge in [-0.3, -0.25) is 4.90 Å². The molecule has 156 valence electrons. The van der Waals surface area contributed by atoms with Crippen LogP contribution in [0.5, 0.6) is 0 Å². The lowest BCUT2D eigenvalue weighted by molar-refractivity contribution is -0.0471. The molecule has 7 atom stereocenters. The van der Waals surface area contributed by atoms with Crippen LogP contribution in [0.1, 0.15) is 78.1 Å². The maximum atomic E-state index is 6.22. The third-order valence-corrected chi connectivity index (χ3v) is 8.07. The Bertz CT molecular complexity index is 589. The minimum atomic E-state index is 0.541. The number of rotatable bonds is 5. The topological polar surface area (TPSA) is 41.3 Å². The third kappa shape index (κ3) is 4.20. The fourth-order valence-electron chi connectivity index (χ4n) is 7.24. The van der Waals surface area contributed by atoms with Gasteiger partial charge in [-0.15, -0.1) is 0 Å². The number of fused-ring (bicyclic) bond motifs is 4. The lowest BCUT2D eigenvalue weighted by Gasteiger charge is -2.55. The van der Waals surface area contributed by atoms with Crippen molar-refractivity contribution in [3.63, 3.8) is 0 Å². The Balaban J connectivity index is 1.44. The van der Waals surface area contributed by atoms with Crippen molar-refractivity contribution in [3.05, 3.63) is 36.2 Å². The van der Waals surface area contributed by atoms with Gasteiger partial charge in [-0.05, 0) is 88.5 Å². The summed E-state index contributed by atoms with van der Waals surface area (Å²) in [6.07, 6.45) is 20.0. The van der Waals surface area contributed by atoms with E-state index in [9.17, 15) is 0 Å². The summed E-state index contributed by atoms with van der Waals surface area (Å²) in [4.78, 5) is 3.02. The van der Waals surface area contributed by atoms with E-state index in [0.29, 0.717) is 6.04 Å². The second-order valence-corrected chi connectivity index (χ2v) is 10.2. The summed E-state index contributed by atoms with van der Waals surface area (Å²) < 4.78 is 0. The number of nitrogens with two attached hydrogens (primary N) is 1. The van der Waals surface area contributed by atoms with Gasteiger partial charge in [-0.2, -0.15) is 0 Å². The van der Waals surface area contributed by atoms with E-state index < -0.39 is 0 Å². The Morgan fingerprint density at radius 1 is 0.964 bits per heavy atom. The standard InChI is InChI=1S/C25H41N3/c1-4-7-25(24(26)5-2)27-20-15-21-8-6-9-22(16-20)28(21)23-13-18-10-17(3)11-19(12-18)14-23/h4-5,7,17-23,27H,1,6,8-16,26H2,2-3H3/b24-5+,25-7+/t17-,18-,19+,20-,21+,22-,23+. The van der Waals surface area contributed by atoms with Crippen molar-refractivity contribution in [3.8, 4) is 0 Å². The molecular formula is C25H41N3. The zero-order valence-corrected chi connectivity index (χ0v) is 18.1. The van der Waals surface area contributed by atoms with E-state index in [1.807, 2.05) is 25.2 Å². The maximum absolute atomic E-state index is 6.22. The van der Waals surface area contributed by atoms with Crippen LogP contribution < -0.4 is 11.1 Å². The van der Waals surface area contributed by atoms with Gasteiger partial charge in [-0.25, -0.2) is 0 Å². The lowest BCUT2D eigenvalue weighted by Crippen LogP contribution is -2.61. The van der Waals surface area contributed by atoms with E-state index >= 15 is 0 Å². The predicted octanol–water partition coefficient (Wildman–Crippen LogP) is 5.11. The molecule has 0 aromatic heterocycles. The van der Waals surface area contributed by atoms with Crippen LogP contribution in [-0.2, 0) is 0 Å². The van der Waals surface area contributed by atoms with Crippen molar-refractivity contribution >= 4 is 0 Å². The van der Waals surface area contributed by atoms with Gasteiger partial charge in [-0.1, -0.05) is 32.1 Å². The zero-order valence-electron chi connectivity index (χ0n) is 18.1. The molecule has 2 heterocycles. The molecule has 0 radical (unpaired) electrons. The highest BCUT2D eigenvalue weighted by Gasteiger charge is 2.45. The smallest absolute Gasteiger partial charge is 0.0572 e. The third-order valence-electron chi connectivity index (χ3n) is 8.07. The Morgan fingerprint density at radius 3 is 2.18 bits per heavy atom. The van der Waals surface area contributed by atoms with Crippen LogP contribution >= 0.6 is 0 Å². The van der Waals surface area contributed by atoms with Crippen LogP contribution in [0.4, 0.5) is 0 Å². The summed E-state index contributed by atoms with van der Waals surface area (Å²) >= 11 is 0. The molecule has 3 heteroatoms. The van der Waals surface area contributed by atoms with Gasteiger partial charge in [0.25, 0.3) is 0 Å². The largest absolute Gasteiger partial charge is 0.397 e. The summed E-state index contributed by atoms with van der Waals surface area (Å²) in [5, 5.41) is 3.78. The minimum absolute atomic E-state index is 0.541. The molecule has 0 spiro atoms. The van der Waals surface area contributed by atoms with Crippen LogP contribution in [-0.4, -0.2) is 29.1 Å². The number of hydrogen-bond donors (Lipinski definition) is 2. The molecule has 3 nitrogen and oxygen atoms in total. The molecule has 2 aliphatic carbocycles. The van der Waals surface area contributed by atoms with Gasteiger partial charge in [0, 0.05) is 24.2 Å². The fourth-order valence-corrected chi connectivity index (χ4v) is 7.24. The molecule has 0 unspecified atom stereocenters. The van der Waals surface area contributed by atoms with Crippen LogP contribution in [0.3, 0.4) is 0 Å². The quantitative estimate of drug-likeness (QED) is 0.648. The highest BCUT2D eigenvalue weighted by Crippen LogP contribution is 2.47. The molecule has 0 aromatic carbocycles. The highest BCUT2D eigenvalue weighted by atomic mass is 15.2. The van der Waals surface area contributed by atoms with Crippen LogP contribution in [0, 0.1) is 17.8 Å². The Labute approximate surface area is 172 Å². The summed E-state index contributed by atoms with van der Waals surface area (Å²) in [7, 11) is 0. The molecule has 2 saturated carbocycles. The maximum Gasteiger partial charge on any atom is 0.0572 e. The summed E-state index contributed by atoms with van der Waals surface area (Å²) in [6, 6.07) is 2.93. The van der Waals surface area contributed by atoms with E-state index in [4.69, 9.17) is 5.73 Å². The van der Waals surface area contributed by atoms with Crippen LogP contribution in [0.2, 0.25) is 0 Å². The number of nitrogens with one attached hydrogen (secondary N) is 1. The molecule has 2 aliphatic heterocycles. The molecule has 4 bridgehead atoms. The van der Waals surface area contributed by atoms with Crippen molar-refractivity contribution in [2.45, 2.75) is 102 Å². The van der Waals surface area contributed by atoms with Gasteiger partial charge < -0.3 is 11.1 Å². The van der Waals surface area contributed by atoms with Crippen LogP contribution in [0.15, 0.2) is 36.2 Å². The molecule has 4 aliphatic rings. The number of nitrogens with zero attached hydrogens (tertiary/aromatic N) is 1. The highest BCUT2D eigenvalue weighted by molar-refractivity contribution is 5.29. The molecule has 2 saturated heterocycles. The van der Waals surface area contributed by atoms with Gasteiger partial charge in [0.15, 0.2) is 0 Å². The monoisotopic (exact) mass is 383 g/mol. The van der Waals surface area contributed by atoms with Gasteiger partial charge in [0.05, 0.1) is 11.4 Å². The predicted molar refractivity (Wildman–Crippen MR) is 119 cm³/mol. The van der Waals surface area contributed by atoms with Crippen molar-refractivity contribution < 1.29 is 0 Å². The second kappa shape index (κ2) is 8.65. The average Bonchev–Trinajstić information content (AvgIpc) is 2.65. The van der Waals surface area contributed by atoms with E-state index in [1.54, 1.807) is 0 Å². The number of piperidine rings is 2. The normalized spacial score (nSPS) is 42.1. The minimum Gasteiger partial charge on any atom is -0.397 e. The second-order valence-electron chi connectivity index (χ2n) is 10.2. The van der Waals surface area contributed by atoms with Crippen molar-refractivity contribution in [1.29, 1.82) is 0 Å². The first-order valence-corrected chi connectivity index (χ1v) is 11.9. The Morgan fingerprint density at radius 2 is 1.61 bits per heavy atom. The van der Waals surface area contributed by atoms with Gasteiger partial charge in [0.1, 0.15) is 0 Å². The summed E-state index contributed by atoms with van der Waals surface area (Å²) in [5.41, 5.74) is 8.10. The van der Waals surface area contributed by atoms with Gasteiger partial charge >= 0.3 is 0 Å². The Hall–Kier alpha value is -1.22. The lowest BCUT2D eigenvalue weighted by atomic mass is 9.65.